The highest BCUT2D eigenvalue weighted by atomic mass is 16.5. The van der Waals surface area contributed by atoms with Gasteiger partial charge in [-0.2, -0.15) is 0 Å². The molecule has 0 spiro atoms. The van der Waals surface area contributed by atoms with Crippen LogP contribution in [0.2, 0.25) is 0 Å². The van der Waals surface area contributed by atoms with E-state index in [9.17, 15) is 14.7 Å². The van der Waals surface area contributed by atoms with E-state index in [1.165, 1.54) is 23.8 Å². The van der Waals surface area contributed by atoms with Gasteiger partial charge in [-0.25, -0.2) is 15.0 Å². The Balaban J connectivity index is 1.05. The molecule has 3 aromatic rings. The van der Waals surface area contributed by atoms with Gasteiger partial charge >= 0.3 is 0 Å². The van der Waals surface area contributed by atoms with Gasteiger partial charge in [0, 0.05) is 56.8 Å². The fourth-order valence-corrected chi connectivity index (χ4v) is 5.58. The van der Waals surface area contributed by atoms with E-state index in [0.29, 0.717) is 44.4 Å². The number of piperidine rings is 1. The van der Waals surface area contributed by atoms with Gasteiger partial charge in [-0.3, -0.25) is 14.5 Å². The zero-order valence-corrected chi connectivity index (χ0v) is 26.0. The number of benzene rings is 1. The van der Waals surface area contributed by atoms with E-state index in [4.69, 9.17) is 9.15 Å². The van der Waals surface area contributed by atoms with E-state index in [1.807, 2.05) is 38.7 Å². The van der Waals surface area contributed by atoms with Crippen LogP contribution in [0.4, 0.5) is 5.82 Å². The molecule has 1 unspecified atom stereocenters. The Morgan fingerprint density at radius 1 is 1.11 bits per heavy atom. The molecule has 12 nitrogen and oxygen atoms in total. The number of amides is 2. The van der Waals surface area contributed by atoms with Crippen LogP contribution in [-0.2, 0) is 24.4 Å². The van der Waals surface area contributed by atoms with Gasteiger partial charge in [0.15, 0.2) is 12.2 Å². The Morgan fingerprint density at radius 3 is 2.64 bits per heavy atom. The summed E-state index contributed by atoms with van der Waals surface area (Å²) in [7, 11) is 0. The summed E-state index contributed by atoms with van der Waals surface area (Å²) in [6.07, 6.45) is 4.51. The SMILES string of the molecule is Cc1ncoc1COc1ccc2c(c1)CCN(CC(O)CNC(=O)c1cc(NC3CCN(C(=O)C(C)(C)C)CC3)ncn1)C2. The molecule has 5 rings (SSSR count). The topological polar surface area (TPSA) is 146 Å². The summed E-state index contributed by atoms with van der Waals surface area (Å²) in [6, 6.07) is 7.86. The fraction of sp³-hybridized carbons (Fsp3) is 0.531. The minimum absolute atomic E-state index is 0.114. The van der Waals surface area contributed by atoms with Crippen LogP contribution >= 0.6 is 0 Å². The van der Waals surface area contributed by atoms with Gasteiger partial charge in [-0.1, -0.05) is 26.8 Å². The summed E-state index contributed by atoms with van der Waals surface area (Å²) >= 11 is 0. The van der Waals surface area contributed by atoms with Gasteiger partial charge in [0.05, 0.1) is 11.8 Å². The molecule has 0 saturated carbocycles. The molecular formula is C32H43N7O5. The summed E-state index contributed by atoms with van der Waals surface area (Å²) in [6.45, 7) is 11.5. The van der Waals surface area contributed by atoms with Gasteiger partial charge in [0.1, 0.15) is 30.2 Å². The number of β-amino-alcohol motifs (C(OH)–C–C–N with tert-alkyl or cyclic N) is 1. The first kappa shape index (κ1) is 31.4. The van der Waals surface area contributed by atoms with E-state index in [1.54, 1.807) is 6.07 Å². The first-order valence-electron chi connectivity index (χ1n) is 15.3. The number of rotatable bonds is 10. The van der Waals surface area contributed by atoms with Crippen LogP contribution in [0.25, 0.3) is 0 Å². The third kappa shape index (κ3) is 8.11. The molecular weight excluding hydrogens is 562 g/mol. The molecule has 12 heteroatoms. The Kier molecular flexibility index (Phi) is 9.80. The molecule has 236 valence electrons. The molecule has 2 amide bonds. The monoisotopic (exact) mass is 605 g/mol. The summed E-state index contributed by atoms with van der Waals surface area (Å²) in [4.78, 5) is 42.0. The number of fused-ring (bicyclic) bond motifs is 1. The molecule has 44 heavy (non-hydrogen) atoms. The maximum Gasteiger partial charge on any atom is 0.270 e. The average molecular weight is 606 g/mol. The standard InChI is InChI=1S/C32H43N7O5/c1-21-28(44-20-36-21)18-43-26-6-5-23-16-38(10-7-22(23)13-26)17-25(40)15-33-30(41)27-14-29(35-19-34-27)37-24-8-11-39(12-9-24)31(42)32(2,3)4/h5-6,13-14,19-20,24-25,40H,7-12,15-18H2,1-4H3,(H,33,41)(H,34,35,37). The number of hydrogen-bond acceptors (Lipinski definition) is 10. The molecule has 2 aliphatic heterocycles. The Morgan fingerprint density at radius 2 is 1.91 bits per heavy atom. The van der Waals surface area contributed by atoms with Crippen molar-refractivity contribution in [3.8, 4) is 5.75 Å². The van der Waals surface area contributed by atoms with Crippen molar-refractivity contribution in [1.82, 2.24) is 30.1 Å². The highest BCUT2D eigenvalue weighted by molar-refractivity contribution is 5.92. The first-order valence-corrected chi connectivity index (χ1v) is 15.3. The molecule has 2 aliphatic rings. The molecule has 0 radical (unpaired) electrons. The average Bonchev–Trinajstić information content (AvgIpc) is 3.42. The molecule has 0 aliphatic carbocycles. The predicted molar refractivity (Wildman–Crippen MR) is 164 cm³/mol. The van der Waals surface area contributed by atoms with Crippen LogP contribution in [0, 0.1) is 12.3 Å². The predicted octanol–water partition coefficient (Wildman–Crippen LogP) is 2.95. The molecule has 1 saturated heterocycles. The van der Waals surface area contributed by atoms with Crippen molar-refractivity contribution in [1.29, 1.82) is 0 Å². The number of aryl methyl sites for hydroxylation is 1. The Hall–Kier alpha value is -4.03. The second kappa shape index (κ2) is 13.7. The molecule has 3 N–H and O–H groups in total. The largest absolute Gasteiger partial charge is 0.486 e. The van der Waals surface area contributed by atoms with Crippen molar-refractivity contribution in [2.75, 3.05) is 38.0 Å². The van der Waals surface area contributed by atoms with Crippen molar-refractivity contribution in [3.63, 3.8) is 0 Å². The van der Waals surface area contributed by atoms with Crippen molar-refractivity contribution in [3.05, 3.63) is 65.3 Å². The van der Waals surface area contributed by atoms with Crippen LogP contribution < -0.4 is 15.4 Å². The van der Waals surface area contributed by atoms with Gasteiger partial charge in [0.25, 0.3) is 5.91 Å². The van der Waals surface area contributed by atoms with Gasteiger partial charge in [0.2, 0.25) is 5.91 Å². The number of aliphatic hydroxyl groups is 1. The van der Waals surface area contributed by atoms with E-state index >= 15 is 0 Å². The number of hydrogen-bond donors (Lipinski definition) is 3. The second-order valence-electron chi connectivity index (χ2n) is 12.7. The van der Waals surface area contributed by atoms with Crippen LogP contribution in [0.15, 0.2) is 41.4 Å². The maximum atomic E-state index is 12.8. The first-order chi connectivity index (χ1) is 21.0. The quantitative estimate of drug-likeness (QED) is 0.315. The van der Waals surface area contributed by atoms with Crippen LogP contribution in [0.1, 0.15) is 66.7 Å². The lowest BCUT2D eigenvalue weighted by molar-refractivity contribution is -0.140. The fourth-order valence-electron chi connectivity index (χ4n) is 5.58. The Bertz CT molecular complexity index is 1440. The van der Waals surface area contributed by atoms with Crippen LogP contribution in [0.3, 0.4) is 0 Å². The lowest BCUT2D eigenvalue weighted by Crippen LogP contribution is -2.46. The Labute approximate surface area is 258 Å². The van der Waals surface area contributed by atoms with Crippen LogP contribution in [-0.4, -0.2) is 86.5 Å². The lowest BCUT2D eigenvalue weighted by atomic mass is 9.93. The summed E-state index contributed by atoms with van der Waals surface area (Å²) < 4.78 is 11.2. The number of oxazole rings is 1. The molecule has 4 heterocycles. The van der Waals surface area contributed by atoms with E-state index in [-0.39, 0.29) is 35.5 Å². The van der Waals surface area contributed by atoms with Gasteiger partial charge in [-0.05, 0) is 49.4 Å². The van der Waals surface area contributed by atoms with Gasteiger partial charge in [-0.15, -0.1) is 0 Å². The normalized spacial score (nSPS) is 16.7. The van der Waals surface area contributed by atoms with E-state index < -0.39 is 6.10 Å². The summed E-state index contributed by atoms with van der Waals surface area (Å²) in [5, 5.41) is 16.9. The van der Waals surface area contributed by atoms with Crippen molar-refractivity contribution in [2.45, 2.75) is 72.3 Å². The molecule has 1 atom stereocenters. The highest BCUT2D eigenvalue weighted by Crippen LogP contribution is 2.25. The number of carbonyl (C=O) groups excluding carboxylic acids is 2. The number of anilines is 1. The van der Waals surface area contributed by atoms with E-state index in [0.717, 1.165) is 37.3 Å². The number of carbonyl (C=O) groups is 2. The minimum Gasteiger partial charge on any atom is -0.486 e. The van der Waals surface area contributed by atoms with Crippen molar-refractivity contribution >= 4 is 17.6 Å². The smallest absolute Gasteiger partial charge is 0.270 e. The number of likely N-dealkylation sites (tertiary alicyclic amines) is 1. The molecule has 1 aromatic carbocycles. The molecule has 1 fully saturated rings. The minimum atomic E-state index is -0.728. The van der Waals surface area contributed by atoms with E-state index in [2.05, 4.69) is 42.6 Å². The number of ether oxygens (including phenoxy) is 1. The van der Waals surface area contributed by atoms with Crippen molar-refractivity contribution in [2.24, 2.45) is 5.41 Å². The van der Waals surface area contributed by atoms with Crippen molar-refractivity contribution < 1.29 is 23.8 Å². The molecule has 0 bridgehead atoms. The maximum absolute atomic E-state index is 12.8. The number of nitrogens with zero attached hydrogens (tertiary/aromatic N) is 5. The second-order valence-corrected chi connectivity index (χ2v) is 12.7. The third-order valence-corrected chi connectivity index (χ3v) is 8.13. The van der Waals surface area contributed by atoms with Crippen LogP contribution in [0.5, 0.6) is 5.75 Å². The third-order valence-electron chi connectivity index (χ3n) is 8.13. The lowest BCUT2D eigenvalue weighted by Gasteiger charge is -2.36. The molecule has 2 aromatic heterocycles. The zero-order valence-electron chi connectivity index (χ0n) is 26.0. The summed E-state index contributed by atoms with van der Waals surface area (Å²) in [5.74, 6) is 1.88. The van der Waals surface area contributed by atoms with Gasteiger partial charge < -0.3 is 29.8 Å². The number of aromatic nitrogens is 3. The number of aliphatic hydroxyl groups excluding tert-OH is 1. The highest BCUT2D eigenvalue weighted by Gasteiger charge is 2.30. The summed E-state index contributed by atoms with van der Waals surface area (Å²) in [5.41, 5.74) is 3.10. The number of nitrogens with one attached hydrogen (secondary N) is 2. The zero-order chi connectivity index (χ0) is 31.3.